The Morgan fingerprint density at radius 2 is 1.63 bits per heavy atom. The van der Waals surface area contributed by atoms with Crippen LogP contribution in [0.4, 0.5) is 0 Å². The minimum atomic E-state index is -0.373. The quantitative estimate of drug-likeness (QED) is 0.370. The molecule has 0 aromatic heterocycles. The zero-order valence-corrected chi connectivity index (χ0v) is 13.7. The minimum Gasteiger partial charge on any atom is -0.293 e. The van der Waals surface area contributed by atoms with Gasteiger partial charge >= 0.3 is 0 Å². The minimum absolute atomic E-state index is 0.187. The number of hydrogen-bond donors (Lipinski definition) is 0. The molecule has 0 bridgehead atoms. The Morgan fingerprint density at radius 1 is 1.05 bits per heavy atom. The molecule has 0 spiro atoms. The molecule has 0 aliphatic rings. The van der Waals surface area contributed by atoms with Crippen LogP contribution in [0.5, 0.6) is 0 Å². The van der Waals surface area contributed by atoms with Crippen LogP contribution >= 0.6 is 9.24 Å². The molecule has 106 valence electrons. The standard InChI is InChI=1S/C17H27OP/c1-4-5-6-7-8-9-14-10-12-15(13-11-14)16(18)17(2,3)19/h10-13H,4-9,19H2,1-3H3. The fraction of sp³-hybridized carbons (Fsp3) is 0.588. The number of benzene rings is 1. The smallest absolute Gasteiger partial charge is 0.172 e. The molecule has 2 heteroatoms. The molecule has 0 N–H and O–H groups in total. The second-order valence-electron chi connectivity index (χ2n) is 5.91. The number of rotatable bonds is 8. The molecule has 1 unspecified atom stereocenters. The van der Waals surface area contributed by atoms with Gasteiger partial charge in [-0.15, -0.1) is 9.24 Å². The molecule has 0 aliphatic heterocycles. The zero-order chi connectivity index (χ0) is 14.3. The largest absolute Gasteiger partial charge is 0.293 e. The van der Waals surface area contributed by atoms with Crippen LogP contribution in [-0.4, -0.2) is 10.9 Å². The van der Waals surface area contributed by atoms with Crippen molar-refractivity contribution in [1.82, 2.24) is 0 Å². The summed E-state index contributed by atoms with van der Waals surface area (Å²) in [5.41, 5.74) is 2.16. The normalized spacial score (nSPS) is 11.6. The van der Waals surface area contributed by atoms with E-state index in [1.807, 2.05) is 26.0 Å². The van der Waals surface area contributed by atoms with E-state index in [9.17, 15) is 4.79 Å². The van der Waals surface area contributed by atoms with E-state index in [4.69, 9.17) is 0 Å². The molecule has 0 saturated carbocycles. The van der Waals surface area contributed by atoms with E-state index in [0.717, 1.165) is 12.0 Å². The van der Waals surface area contributed by atoms with Crippen molar-refractivity contribution in [1.29, 1.82) is 0 Å². The molecule has 1 aromatic rings. The molecule has 0 radical (unpaired) electrons. The van der Waals surface area contributed by atoms with E-state index < -0.39 is 0 Å². The topological polar surface area (TPSA) is 17.1 Å². The molecule has 0 amide bonds. The molecule has 1 nitrogen and oxygen atoms in total. The number of ketones is 1. The fourth-order valence-electron chi connectivity index (χ4n) is 2.13. The lowest BCUT2D eigenvalue weighted by molar-refractivity contribution is 0.0957. The summed E-state index contributed by atoms with van der Waals surface area (Å²) in [5, 5.41) is -0.373. The van der Waals surface area contributed by atoms with E-state index in [0.29, 0.717) is 0 Å². The first-order valence-corrected chi connectivity index (χ1v) is 7.95. The monoisotopic (exact) mass is 278 g/mol. The molecule has 1 atom stereocenters. The number of unbranched alkanes of at least 4 members (excludes halogenated alkanes) is 4. The lowest BCUT2D eigenvalue weighted by atomic mass is 9.98. The predicted octanol–water partition coefficient (Wildman–Crippen LogP) is 5.04. The van der Waals surface area contributed by atoms with E-state index in [1.165, 1.54) is 37.7 Å². The van der Waals surface area contributed by atoms with Crippen molar-refractivity contribution in [2.24, 2.45) is 0 Å². The Hall–Kier alpha value is -0.680. The van der Waals surface area contributed by atoms with Crippen LogP contribution in [0.2, 0.25) is 0 Å². The van der Waals surface area contributed by atoms with E-state index in [-0.39, 0.29) is 10.9 Å². The van der Waals surface area contributed by atoms with Crippen LogP contribution in [0.15, 0.2) is 24.3 Å². The Morgan fingerprint density at radius 3 is 2.16 bits per heavy atom. The highest BCUT2D eigenvalue weighted by atomic mass is 31.0. The Balaban J connectivity index is 2.46. The summed E-state index contributed by atoms with van der Waals surface area (Å²) in [6, 6.07) is 8.14. The molecular formula is C17H27OP. The highest BCUT2D eigenvalue weighted by molar-refractivity contribution is 7.21. The number of hydrogen-bond acceptors (Lipinski definition) is 1. The van der Waals surface area contributed by atoms with E-state index in [2.05, 4.69) is 28.3 Å². The lowest BCUT2D eigenvalue weighted by Gasteiger charge is -2.16. The Labute approximate surface area is 120 Å². The predicted molar refractivity (Wildman–Crippen MR) is 87.0 cm³/mol. The number of carbonyl (C=O) groups excluding carboxylic acids is 1. The first-order valence-electron chi connectivity index (χ1n) is 7.37. The molecule has 0 aliphatic carbocycles. The summed E-state index contributed by atoms with van der Waals surface area (Å²) in [4.78, 5) is 12.1. The van der Waals surface area contributed by atoms with Crippen molar-refractivity contribution in [3.8, 4) is 0 Å². The maximum atomic E-state index is 12.1. The average molecular weight is 278 g/mol. The van der Waals surface area contributed by atoms with Gasteiger partial charge in [0, 0.05) is 10.7 Å². The molecule has 1 rings (SSSR count). The molecule has 0 heterocycles. The van der Waals surface area contributed by atoms with Crippen LogP contribution in [0, 0.1) is 0 Å². The maximum Gasteiger partial charge on any atom is 0.172 e. The van der Waals surface area contributed by atoms with E-state index in [1.54, 1.807) is 0 Å². The lowest BCUT2D eigenvalue weighted by Crippen LogP contribution is -2.23. The van der Waals surface area contributed by atoms with Gasteiger partial charge in [-0.05, 0) is 32.3 Å². The summed E-state index contributed by atoms with van der Waals surface area (Å²) in [6.07, 6.45) is 7.67. The van der Waals surface area contributed by atoms with Gasteiger partial charge in [-0.2, -0.15) is 0 Å². The van der Waals surface area contributed by atoms with Gasteiger partial charge in [-0.3, -0.25) is 4.79 Å². The third-order valence-corrected chi connectivity index (χ3v) is 3.63. The first-order chi connectivity index (χ1) is 8.95. The van der Waals surface area contributed by atoms with Crippen molar-refractivity contribution in [3.05, 3.63) is 35.4 Å². The second-order valence-corrected chi connectivity index (χ2v) is 7.36. The highest BCUT2D eigenvalue weighted by Gasteiger charge is 2.22. The summed E-state index contributed by atoms with van der Waals surface area (Å²) in [6.45, 7) is 6.10. The van der Waals surface area contributed by atoms with Gasteiger partial charge in [-0.1, -0.05) is 56.9 Å². The van der Waals surface area contributed by atoms with Crippen molar-refractivity contribution in [2.45, 2.75) is 64.5 Å². The Bertz CT molecular complexity index is 387. The fourth-order valence-corrected chi connectivity index (χ4v) is 2.29. The van der Waals surface area contributed by atoms with Crippen LogP contribution in [0.3, 0.4) is 0 Å². The van der Waals surface area contributed by atoms with Crippen LogP contribution < -0.4 is 0 Å². The van der Waals surface area contributed by atoms with Gasteiger partial charge in [0.2, 0.25) is 0 Å². The van der Waals surface area contributed by atoms with Crippen LogP contribution in [0.25, 0.3) is 0 Å². The zero-order valence-electron chi connectivity index (χ0n) is 12.5. The first kappa shape index (κ1) is 16.4. The molecule has 0 saturated heterocycles. The summed E-state index contributed by atoms with van der Waals surface area (Å²) in [7, 11) is 2.61. The van der Waals surface area contributed by atoms with Gasteiger partial charge in [0.25, 0.3) is 0 Å². The highest BCUT2D eigenvalue weighted by Crippen LogP contribution is 2.22. The van der Waals surface area contributed by atoms with Crippen molar-refractivity contribution in [3.63, 3.8) is 0 Å². The van der Waals surface area contributed by atoms with Gasteiger partial charge in [-0.25, -0.2) is 0 Å². The van der Waals surface area contributed by atoms with E-state index >= 15 is 0 Å². The third kappa shape index (κ3) is 5.87. The Kier molecular flexibility index (Phi) is 6.72. The van der Waals surface area contributed by atoms with Gasteiger partial charge in [0.1, 0.15) is 0 Å². The van der Waals surface area contributed by atoms with Crippen LogP contribution in [-0.2, 0) is 6.42 Å². The average Bonchev–Trinajstić information content (AvgIpc) is 2.37. The maximum absolute atomic E-state index is 12.1. The van der Waals surface area contributed by atoms with Crippen molar-refractivity contribution in [2.75, 3.05) is 0 Å². The van der Waals surface area contributed by atoms with Crippen molar-refractivity contribution < 1.29 is 4.79 Å². The van der Waals surface area contributed by atoms with Crippen molar-refractivity contribution >= 4 is 15.0 Å². The van der Waals surface area contributed by atoms with Gasteiger partial charge in [0.15, 0.2) is 5.78 Å². The summed E-state index contributed by atoms with van der Waals surface area (Å²) >= 11 is 0. The molecule has 19 heavy (non-hydrogen) atoms. The second kappa shape index (κ2) is 7.80. The summed E-state index contributed by atoms with van der Waals surface area (Å²) in [5.74, 6) is 0.187. The molecular weight excluding hydrogens is 251 g/mol. The SMILES string of the molecule is CCCCCCCc1ccc(C(=O)C(C)(C)P)cc1. The number of aryl methyl sites for hydroxylation is 1. The van der Waals surface area contributed by atoms with Gasteiger partial charge in [0.05, 0.1) is 0 Å². The summed E-state index contributed by atoms with van der Waals surface area (Å²) < 4.78 is 0. The van der Waals surface area contributed by atoms with Gasteiger partial charge < -0.3 is 0 Å². The van der Waals surface area contributed by atoms with Crippen LogP contribution in [0.1, 0.15) is 68.8 Å². The third-order valence-electron chi connectivity index (χ3n) is 3.37. The number of Topliss-reactive ketones (excluding diaryl/α,β-unsaturated/α-hetero) is 1. The molecule has 0 fully saturated rings. The number of carbonyl (C=O) groups is 1. The molecule has 1 aromatic carbocycles.